The quantitative estimate of drug-likeness (QED) is 0.475. The lowest BCUT2D eigenvalue weighted by molar-refractivity contribution is 0.306. The molecule has 0 amide bonds. The number of nitrogens with two attached hydrogens (primary N) is 1. The van der Waals surface area contributed by atoms with Gasteiger partial charge in [0.05, 0.1) is 11.9 Å². The average molecular weight is 391 g/mol. The number of rotatable bonds is 6. The molecule has 142 valence electrons. The Kier molecular flexibility index (Phi) is 5.48. The normalized spacial score (nSPS) is 16.1. The van der Waals surface area contributed by atoms with Gasteiger partial charge >= 0.3 is 0 Å². The van der Waals surface area contributed by atoms with Crippen molar-refractivity contribution in [3.8, 4) is 5.75 Å². The van der Waals surface area contributed by atoms with E-state index in [0.29, 0.717) is 17.7 Å². The first-order chi connectivity index (χ1) is 13.7. The molecule has 0 saturated heterocycles. The van der Waals surface area contributed by atoms with Crippen LogP contribution < -0.4 is 10.5 Å². The van der Waals surface area contributed by atoms with E-state index in [4.69, 9.17) is 15.9 Å². The van der Waals surface area contributed by atoms with Crippen LogP contribution in [-0.2, 0) is 19.4 Å². The minimum Gasteiger partial charge on any atom is -0.489 e. The summed E-state index contributed by atoms with van der Waals surface area (Å²) >= 11 is 1.60. The number of hydrogen-bond acceptors (Lipinski definition) is 5. The second kappa shape index (κ2) is 8.35. The van der Waals surface area contributed by atoms with E-state index >= 15 is 0 Å². The highest BCUT2D eigenvalue weighted by atomic mass is 32.1. The second-order valence-electron chi connectivity index (χ2n) is 6.86. The number of hydrogen-bond donors (Lipinski definition) is 2. The van der Waals surface area contributed by atoms with E-state index in [2.05, 4.69) is 46.4 Å². The molecule has 1 aromatic heterocycles. The third-order valence-corrected chi connectivity index (χ3v) is 5.87. The summed E-state index contributed by atoms with van der Waals surface area (Å²) in [5, 5.41) is 7.93. The van der Waals surface area contributed by atoms with Crippen LogP contribution in [0.4, 0.5) is 5.13 Å². The number of aliphatic imine (C=N–C) groups is 1. The van der Waals surface area contributed by atoms with Crippen molar-refractivity contribution < 1.29 is 4.74 Å². The van der Waals surface area contributed by atoms with Crippen LogP contribution in [0.15, 0.2) is 59.6 Å². The lowest BCUT2D eigenvalue weighted by Gasteiger charge is -2.21. The van der Waals surface area contributed by atoms with E-state index in [1.807, 2.05) is 18.2 Å². The Hall–Kier alpha value is -2.99. The van der Waals surface area contributed by atoms with Crippen LogP contribution in [0, 0.1) is 5.41 Å². The van der Waals surface area contributed by atoms with Crippen molar-refractivity contribution in [1.29, 1.82) is 5.41 Å². The van der Waals surface area contributed by atoms with Crippen molar-refractivity contribution in [3.05, 3.63) is 76.3 Å². The average Bonchev–Trinajstić information content (AvgIpc) is 3.14. The largest absolute Gasteiger partial charge is 0.489 e. The first kappa shape index (κ1) is 18.4. The SMILES string of the molecule is N=C(N)/C=N/c1nc2c(s1)C[C@@H](c1ccc(OCc3ccccc3)cc1)CC2. The molecule has 2 aromatic carbocycles. The predicted molar refractivity (Wildman–Crippen MR) is 114 cm³/mol. The molecule has 0 fully saturated rings. The zero-order valence-electron chi connectivity index (χ0n) is 15.5. The number of aryl methyl sites for hydroxylation is 1. The van der Waals surface area contributed by atoms with Crippen LogP contribution in [0.3, 0.4) is 0 Å². The number of benzene rings is 2. The summed E-state index contributed by atoms with van der Waals surface area (Å²) < 4.78 is 5.89. The zero-order chi connectivity index (χ0) is 19.3. The number of fused-ring (bicyclic) bond motifs is 1. The molecule has 1 aliphatic rings. The van der Waals surface area contributed by atoms with E-state index < -0.39 is 0 Å². The van der Waals surface area contributed by atoms with Crippen LogP contribution >= 0.6 is 11.3 Å². The minimum absolute atomic E-state index is 0.0550. The summed E-state index contributed by atoms with van der Waals surface area (Å²) in [6, 6.07) is 18.7. The van der Waals surface area contributed by atoms with E-state index in [1.165, 1.54) is 22.2 Å². The van der Waals surface area contributed by atoms with Crippen LogP contribution in [0.2, 0.25) is 0 Å². The third kappa shape index (κ3) is 4.46. The van der Waals surface area contributed by atoms with Gasteiger partial charge in [-0.15, -0.1) is 0 Å². The molecule has 3 N–H and O–H groups in total. The molecule has 0 radical (unpaired) electrons. The summed E-state index contributed by atoms with van der Waals surface area (Å²) in [7, 11) is 0. The van der Waals surface area contributed by atoms with Crippen molar-refractivity contribution in [3.63, 3.8) is 0 Å². The number of amidine groups is 1. The van der Waals surface area contributed by atoms with Gasteiger partial charge in [0.15, 0.2) is 0 Å². The molecule has 4 rings (SSSR count). The molecule has 0 aliphatic heterocycles. The summed E-state index contributed by atoms with van der Waals surface area (Å²) in [6.07, 6.45) is 4.36. The van der Waals surface area contributed by atoms with E-state index in [9.17, 15) is 0 Å². The molecular formula is C22H22N4OS. The molecule has 5 nitrogen and oxygen atoms in total. The molecule has 0 unspecified atom stereocenters. The Morgan fingerprint density at radius 1 is 1.21 bits per heavy atom. The van der Waals surface area contributed by atoms with Crippen molar-refractivity contribution in [2.75, 3.05) is 0 Å². The number of nitrogens with zero attached hydrogens (tertiary/aromatic N) is 2. The highest BCUT2D eigenvalue weighted by Gasteiger charge is 2.23. The molecule has 3 aromatic rings. The fourth-order valence-electron chi connectivity index (χ4n) is 3.40. The Morgan fingerprint density at radius 2 is 2.00 bits per heavy atom. The first-order valence-corrected chi connectivity index (χ1v) is 10.1. The van der Waals surface area contributed by atoms with Gasteiger partial charge in [-0.1, -0.05) is 53.8 Å². The van der Waals surface area contributed by atoms with Gasteiger partial charge in [0, 0.05) is 4.88 Å². The molecule has 0 saturated carbocycles. The number of ether oxygens (including phenoxy) is 1. The maximum Gasteiger partial charge on any atom is 0.209 e. The lowest BCUT2D eigenvalue weighted by atomic mass is 9.85. The summed E-state index contributed by atoms with van der Waals surface area (Å²) in [6.45, 7) is 0.581. The molecule has 1 heterocycles. The minimum atomic E-state index is -0.0550. The zero-order valence-corrected chi connectivity index (χ0v) is 16.3. The summed E-state index contributed by atoms with van der Waals surface area (Å²) in [4.78, 5) is 10.0. The van der Waals surface area contributed by atoms with Gasteiger partial charge in [-0.2, -0.15) is 0 Å². The molecule has 1 atom stereocenters. The van der Waals surface area contributed by atoms with Gasteiger partial charge in [-0.3, -0.25) is 5.41 Å². The highest BCUT2D eigenvalue weighted by molar-refractivity contribution is 7.15. The topological polar surface area (TPSA) is 84.4 Å². The number of nitrogens with one attached hydrogen (secondary N) is 1. The fraction of sp³-hybridized carbons (Fsp3) is 0.227. The van der Waals surface area contributed by atoms with Gasteiger partial charge in [0.25, 0.3) is 0 Å². The smallest absolute Gasteiger partial charge is 0.209 e. The van der Waals surface area contributed by atoms with Crippen LogP contribution in [0.1, 0.15) is 34.0 Å². The fourth-order valence-corrected chi connectivity index (χ4v) is 4.43. The van der Waals surface area contributed by atoms with Crippen LogP contribution in [-0.4, -0.2) is 17.0 Å². The predicted octanol–water partition coefficient (Wildman–Crippen LogP) is 4.63. The summed E-state index contributed by atoms with van der Waals surface area (Å²) in [5.41, 5.74) is 8.97. The highest BCUT2D eigenvalue weighted by Crippen LogP contribution is 2.38. The number of thiazole rings is 1. The van der Waals surface area contributed by atoms with E-state index in [0.717, 1.165) is 30.7 Å². The standard InChI is InChI=1S/C22H22N4OS/c23-21(24)13-25-22-26-19-11-8-17(12-20(19)28-22)16-6-9-18(10-7-16)27-14-15-4-2-1-3-5-15/h1-7,9-10,13,17H,8,11-12,14H2,(H3,23,24)/b25-13+/t17-/m0/s1. The molecule has 1 aliphatic carbocycles. The van der Waals surface area contributed by atoms with Gasteiger partial charge in [-0.05, 0) is 48.4 Å². The van der Waals surface area contributed by atoms with Crippen LogP contribution in [0.25, 0.3) is 0 Å². The molecular weight excluding hydrogens is 368 g/mol. The Balaban J connectivity index is 1.39. The molecule has 6 heteroatoms. The summed E-state index contributed by atoms with van der Waals surface area (Å²) in [5.74, 6) is 1.32. The maximum atomic E-state index is 7.24. The second-order valence-corrected chi connectivity index (χ2v) is 7.92. The maximum absolute atomic E-state index is 7.24. The van der Waals surface area contributed by atoms with E-state index in [1.54, 1.807) is 11.3 Å². The van der Waals surface area contributed by atoms with E-state index in [-0.39, 0.29) is 5.84 Å². The van der Waals surface area contributed by atoms with Crippen molar-refractivity contribution in [2.24, 2.45) is 10.7 Å². The van der Waals surface area contributed by atoms with Gasteiger partial charge in [0.2, 0.25) is 5.13 Å². The monoisotopic (exact) mass is 390 g/mol. The van der Waals surface area contributed by atoms with Crippen molar-refractivity contribution >= 4 is 28.5 Å². The molecule has 0 spiro atoms. The van der Waals surface area contributed by atoms with Gasteiger partial charge in [0.1, 0.15) is 18.2 Å². The van der Waals surface area contributed by atoms with Gasteiger partial charge in [-0.25, -0.2) is 9.98 Å². The van der Waals surface area contributed by atoms with Crippen LogP contribution in [0.5, 0.6) is 5.75 Å². The number of aromatic nitrogens is 1. The Bertz CT molecular complexity index is 980. The van der Waals surface area contributed by atoms with Gasteiger partial charge < -0.3 is 10.5 Å². The molecule has 0 bridgehead atoms. The lowest BCUT2D eigenvalue weighted by Crippen LogP contribution is -2.11. The Labute approximate surface area is 168 Å². The Morgan fingerprint density at radius 3 is 2.75 bits per heavy atom. The first-order valence-electron chi connectivity index (χ1n) is 9.31. The van der Waals surface area contributed by atoms with Crippen molar-refractivity contribution in [2.45, 2.75) is 31.8 Å². The molecule has 28 heavy (non-hydrogen) atoms. The van der Waals surface area contributed by atoms with Crippen molar-refractivity contribution in [1.82, 2.24) is 4.98 Å². The third-order valence-electron chi connectivity index (χ3n) is 4.84.